The maximum Gasteiger partial charge on any atom is 0.306 e. The molecule has 2 atom stereocenters. The van der Waals surface area contributed by atoms with E-state index < -0.39 is 11.7 Å². The summed E-state index contributed by atoms with van der Waals surface area (Å²) in [5.41, 5.74) is 2.22. The van der Waals surface area contributed by atoms with Gasteiger partial charge in [0.1, 0.15) is 23.3 Å². The fourth-order valence-corrected chi connectivity index (χ4v) is 4.58. The number of ether oxygens (including phenoxy) is 2. The van der Waals surface area contributed by atoms with Crippen LogP contribution in [0.2, 0.25) is 0 Å². The minimum absolute atomic E-state index is 0.0746. The number of nitrogens with zero attached hydrogens (tertiary/aromatic N) is 5. The Bertz CT molecular complexity index is 1510. The summed E-state index contributed by atoms with van der Waals surface area (Å²) in [6.45, 7) is 7.71. The van der Waals surface area contributed by atoms with Gasteiger partial charge in [0.15, 0.2) is 5.65 Å². The van der Waals surface area contributed by atoms with Crippen molar-refractivity contribution in [2.24, 2.45) is 5.92 Å². The molecule has 0 aliphatic carbocycles. The number of hydrogen-bond donors (Lipinski definition) is 0. The zero-order valence-electron chi connectivity index (χ0n) is 22.3. The lowest BCUT2D eigenvalue weighted by Gasteiger charge is -2.20. The molecule has 1 aliphatic rings. The first-order valence-corrected chi connectivity index (χ1v) is 12.8. The van der Waals surface area contributed by atoms with Crippen LogP contribution in [0.1, 0.15) is 52.2 Å². The first-order chi connectivity index (χ1) is 18.6. The predicted molar refractivity (Wildman–Crippen MR) is 143 cm³/mol. The van der Waals surface area contributed by atoms with Crippen molar-refractivity contribution >= 4 is 23.3 Å². The van der Waals surface area contributed by atoms with E-state index in [2.05, 4.69) is 15.1 Å². The van der Waals surface area contributed by atoms with Gasteiger partial charge in [-0.3, -0.25) is 14.5 Å². The summed E-state index contributed by atoms with van der Waals surface area (Å²) in [6, 6.07) is 13.4. The van der Waals surface area contributed by atoms with E-state index in [1.807, 2.05) is 33.8 Å². The number of amides is 1. The smallest absolute Gasteiger partial charge is 0.306 e. The maximum absolute atomic E-state index is 13.6. The normalized spacial score (nSPS) is 16.5. The molecule has 0 radical (unpaired) electrons. The van der Waals surface area contributed by atoms with Gasteiger partial charge in [0.05, 0.1) is 18.3 Å². The van der Waals surface area contributed by atoms with E-state index >= 15 is 0 Å². The van der Waals surface area contributed by atoms with Crippen LogP contribution in [0.5, 0.6) is 5.88 Å². The van der Waals surface area contributed by atoms with Crippen LogP contribution in [-0.4, -0.2) is 43.6 Å². The Kier molecular flexibility index (Phi) is 7.03. The summed E-state index contributed by atoms with van der Waals surface area (Å²) in [5, 5.41) is 4.58. The molecular formula is C29H30FN5O4. The molecule has 202 valence electrons. The van der Waals surface area contributed by atoms with Crippen LogP contribution in [0, 0.1) is 11.7 Å². The molecule has 1 fully saturated rings. The molecule has 5 rings (SSSR count). The monoisotopic (exact) mass is 531 g/mol. The summed E-state index contributed by atoms with van der Waals surface area (Å²) >= 11 is 0. The van der Waals surface area contributed by atoms with Gasteiger partial charge in [-0.05, 0) is 69.5 Å². The molecule has 1 saturated heterocycles. The highest BCUT2D eigenvalue weighted by atomic mass is 19.1. The van der Waals surface area contributed by atoms with E-state index in [1.54, 1.807) is 52.1 Å². The Labute approximate surface area is 225 Å². The Morgan fingerprint density at radius 1 is 1.13 bits per heavy atom. The molecule has 0 spiro atoms. The van der Waals surface area contributed by atoms with Crippen LogP contribution < -0.4 is 9.64 Å². The lowest BCUT2D eigenvalue weighted by atomic mass is 10.0. The average Bonchev–Trinajstić information content (AvgIpc) is 3.45. The number of carbonyl (C=O) groups is 2. The van der Waals surface area contributed by atoms with Gasteiger partial charge in [-0.2, -0.15) is 0 Å². The number of pyridine rings is 1. The summed E-state index contributed by atoms with van der Waals surface area (Å²) in [6.07, 6.45) is 3.41. The third kappa shape index (κ3) is 6.05. The van der Waals surface area contributed by atoms with E-state index in [0.717, 1.165) is 5.56 Å². The molecule has 3 aromatic heterocycles. The third-order valence-electron chi connectivity index (χ3n) is 6.35. The van der Waals surface area contributed by atoms with E-state index in [4.69, 9.17) is 9.47 Å². The lowest BCUT2D eigenvalue weighted by molar-refractivity contribution is -0.155. The first-order valence-electron chi connectivity index (χ1n) is 12.8. The van der Waals surface area contributed by atoms with Crippen LogP contribution in [-0.2, 0) is 14.3 Å². The molecule has 0 unspecified atom stereocenters. The fraction of sp³-hybridized carbons (Fsp3) is 0.345. The van der Waals surface area contributed by atoms with Gasteiger partial charge in [-0.15, -0.1) is 5.10 Å². The molecule has 39 heavy (non-hydrogen) atoms. The zero-order chi connectivity index (χ0) is 27.7. The van der Waals surface area contributed by atoms with Gasteiger partial charge in [0, 0.05) is 30.8 Å². The quantitative estimate of drug-likeness (QED) is 0.304. The Hall–Kier alpha value is -4.34. The lowest BCUT2D eigenvalue weighted by Crippen LogP contribution is -2.27. The number of hydrogen-bond acceptors (Lipinski definition) is 7. The minimum atomic E-state index is -0.560. The fourth-order valence-electron chi connectivity index (χ4n) is 4.58. The SMILES string of the molecule is C[C@@H](Oc1ccc2ncc(-c3ccc(N4C[C@@H](CC(=O)OC(C)(C)C)CC4=O)nc3)n2n1)c1cccc(F)c1. The van der Waals surface area contributed by atoms with Crippen LogP contribution in [0.3, 0.4) is 0 Å². The average molecular weight is 532 g/mol. The molecule has 0 saturated carbocycles. The summed E-state index contributed by atoms with van der Waals surface area (Å²) in [4.78, 5) is 35.4. The van der Waals surface area contributed by atoms with Crippen LogP contribution in [0.25, 0.3) is 16.9 Å². The predicted octanol–water partition coefficient (Wildman–Crippen LogP) is 5.16. The summed E-state index contributed by atoms with van der Waals surface area (Å²) < 4.78 is 26.6. The molecule has 0 bridgehead atoms. The second-order valence-electron chi connectivity index (χ2n) is 10.7. The largest absolute Gasteiger partial charge is 0.469 e. The van der Waals surface area contributed by atoms with Crippen LogP contribution >= 0.6 is 0 Å². The molecule has 1 aromatic carbocycles. The van der Waals surface area contributed by atoms with Crippen LogP contribution in [0.15, 0.2) is 60.9 Å². The number of fused-ring (bicyclic) bond motifs is 1. The van der Waals surface area contributed by atoms with Gasteiger partial charge in [0.25, 0.3) is 0 Å². The van der Waals surface area contributed by atoms with Gasteiger partial charge < -0.3 is 9.47 Å². The van der Waals surface area contributed by atoms with E-state index in [-0.39, 0.29) is 36.5 Å². The standard InChI is InChI=1S/C29H30FN5O4/c1-18(20-6-5-7-22(30)14-20)38-26-11-10-25-32-16-23(35(25)33-26)21-8-9-24(31-15-21)34-17-19(12-27(34)36)13-28(37)39-29(2,3)4/h5-11,14-16,18-19H,12-13,17H2,1-4H3/t18-,19-/m1/s1. The third-order valence-corrected chi connectivity index (χ3v) is 6.35. The Balaban J connectivity index is 1.30. The first kappa shape index (κ1) is 26.3. The number of halogens is 1. The van der Waals surface area contributed by atoms with Crippen molar-refractivity contribution in [3.05, 3.63) is 72.3 Å². The van der Waals surface area contributed by atoms with Crippen molar-refractivity contribution in [2.45, 2.75) is 52.2 Å². The number of rotatable bonds is 7. The van der Waals surface area contributed by atoms with E-state index in [1.165, 1.54) is 12.1 Å². The number of esters is 1. The number of benzene rings is 1. The molecule has 9 nitrogen and oxygen atoms in total. The minimum Gasteiger partial charge on any atom is -0.469 e. The maximum atomic E-state index is 13.6. The number of carbonyl (C=O) groups excluding carboxylic acids is 2. The molecular weight excluding hydrogens is 501 g/mol. The topological polar surface area (TPSA) is 98.9 Å². The van der Waals surface area contributed by atoms with Gasteiger partial charge in [-0.25, -0.2) is 18.9 Å². The molecule has 4 heterocycles. The van der Waals surface area contributed by atoms with Crippen LogP contribution in [0.4, 0.5) is 10.2 Å². The van der Waals surface area contributed by atoms with Gasteiger partial charge in [0.2, 0.25) is 11.8 Å². The van der Waals surface area contributed by atoms with Crippen molar-refractivity contribution in [1.82, 2.24) is 19.6 Å². The molecule has 10 heteroatoms. The highest BCUT2D eigenvalue weighted by molar-refractivity contribution is 5.95. The zero-order valence-corrected chi connectivity index (χ0v) is 22.3. The molecule has 1 aliphatic heterocycles. The number of imidazole rings is 1. The van der Waals surface area contributed by atoms with E-state index in [9.17, 15) is 14.0 Å². The van der Waals surface area contributed by atoms with E-state index in [0.29, 0.717) is 35.1 Å². The Morgan fingerprint density at radius 3 is 2.67 bits per heavy atom. The highest BCUT2D eigenvalue weighted by Crippen LogP contribution is 2.29. The summed E-state index contributed by atoms with van der Waals surface area (Å²) in [7, 11) is 0. The second kappa shape index (κ2) is 10.4. The molecule has 1 amide bonds. The van der Waals surface area contributed by atoms with Gasteiger partial charge >= 0.3 is 5.97 Å². The highest BCUT2D eigenvalue weighted by Gasteiger charge is 2.33. The number of aromatic nitrogens is 4. The van der Waals surface area contributed by atoms with Crippen molar-refractivity contribution in [3.63, 3.8) is 0 Å². The van der Waals surface area contributed by atoms with Crippen molar-refractivity contribution < 1.29 is 23.5 Å². The Morgan fingerprint density at radius 2 is 1.95 bits per heavy atom. The van der Waals surface area contributed by atoms with Gasteiger partial charge in [-0.1, -0.05) is 12.1 Å². The van der Waals surface area contributed by atoms with Crippen molar-refractivity contribution in [2.75, 3.05) is 11.4 Å². The van der Waals surface area contributed by atoms with Crippen molar-refractivity contribution in [1.29, 1.82) is 0 Å². The molecule has 4 aromatic rings. The van der Waals surface area contributed by atoms with Crippen molar-refractivity contribution in [3.8, 4) is 17.1 Å². The summed E-state index contributed by atoms with van der Waals surface area (Å²) in [5.74, 6) is 0.0547. The molecule has 0 N–H and O–H groups in total. The second-order valence-corrected chi connectivity index (χ2v) is 10.7. The number of anilines is 1.